The molecule has 0 bridgehead atoms. The Bertz CT molecular complexity index is 2430. The fourth-order valence-corrected chi connectivity index (χ4v) is 6.40. The maximum atomic E-state index is 5.01. The quantitative estimate of drug-likeness (QED) is 0.200. The Morgan fingerprint density at radius 3 is 1.61 bits per heavy atom. The molecule has 0 atom stereocenters. The summed E-state index contributed by atoms with van der Waals surface area (Å²) in [6, 6.07) is 55.9. The van der Waals surface area contributed by atoms with E-state index in [-0.39, 0.29) is 0 Å². The topological polar surface area (TPSA) is 34.0 Å². The van der Waals surface area contributed by atoms with Gasteiger partial charge in [0.05, 0.1) is 5.69 Å². The molecule has 4 heteroatoms. The van der Waals surface area contributed by atoms with Crippen LogP contribution in [0, 0.1) is 0 Å². The maximum Gasteiger partial charge on any atom is 0.122 e. The first kappa shape index (κ1) is 24.6. The van der Waals surface area contributed by atoms with Gasteiger partial charge in [-0.1, -0.05) is 103 Å². The molecule has 9 aromatic rings. The normalized spacial score (nSPS) is 11.6. The van der Waals surface area contributed by atoms with E-state index in [2.05, 4.69) is 132 Å². The predicted octanol–water partition coefficient (Wildman–Crippen LogP) is 10.5. The van der Waals surface area contributed by atoms with Gasteiger partial charge in [0.15, 0.2) is 0 Å². The molecule has 0 aliphatic carbocycles. The Balaban J connectivity index is 1.30. The van der Waals surface area contributed by atoms with Crippen molar-refractivity contribution in [2.75, 3.05) is 4.90 Å². The van der Waals surface area contributed by atoms with Crippen molar-refractivity contribution in [3.8, 4) is 5.69 Å². The number of para-hydroxylation sites is 1. The molecule has 44 heavy (non-hydrogen) atoms. The summed E-state index contributed by atoms with van der Waals surface area (Å²) >= 11 is 0. The van der Waals surface area contributed by atoms with Crippen molar-refractivity contribution >= 4 is 71.2 Å². The Labute approximate surface area is 254 Å². The summed E-state index contributed by atoms with van der Waals surface area (Å²) in [5.41, 5.74) is 6.02. The third kappa shape index (κ3) is 4.00. The molecule has 9 rings (SSSR count). The summed E-state index contributed by atoms with van der Waals surface area (Å²) < 4.78 is 0. The van der Waals surface area contributed by atoms with E-state index in [1.54, 1.807) is 4.80 Å². The fourth-order valence-electron chi connectivity index (χ4n) is 6.40. The van der Waals surface area contributed by atoms with Crippen LogP contribution < -0.4 is 4.90 Å². The van der Waals surface area contributed by atoms with Crippen LogP contribution in [0.3, 0.4) is 0 Å². The molecule has 0 fully saturated rings. The molecule has 0 radical (unpaired) electrons. The lowest BCUT2D eigenvalue weighted by atomic mass is 9.99. The SMILES string of the molecule is c1ccc(-n2nc3ccc4ccc5ccc(N(c6ccc7ccccc7c6)c6ccc7ccccc7c6)cc5c4c3n2)cc1. The highest BCUT2D eigenvalue weighted by molar-refractivity contribution is 6.19. The van der Waals surface area contributed by atoms with Crippen LogP contribution in [0.2, 0.25) is 0 Å². The van der Waals surface area contributed by atoms with Crippen molar-refractivity contribution in [3.05, 3.63) is 158 Å². The first-order chi connectivity index (χ1) is 21.8. The third-order valence-corrected chi connectivity index (χ3v) is 8.56. The second-order valence-corrected chi connectivity index (χ2v) is 11.2. The van der Waals surface area contributed by atoms with Gasteiger partial charge in [0.1, 0.15) is 11.0 Å². The summed E-state index contributed by atoms with van der Waals surface area (Å²) in [4.78, 5) is 4.10. The summed E-state index contributed by atoms with van der Waals surface area (Å²) in [7, 11) is 0. The number of benzene rings is 8. The first-order valence-corrected chi connectivity index (χ1v) is 14.8. The van der Waals surface area contributed by atoms with Crippen molar-refractivity contribution in [2.24, 2.45) is 0 Å². The number of fused-ring (bicyclic) bond motifs is 7. The molecule has 4 nitrogen and oxygen atoms in total. The lowest BCUT2D eigenvalue weighted by Gasteiger charge is -2.26. The molecule has 0 saturated heterocycles. The largest absolute Gasteiger partial charge is 0.310 e. The molecule has 0 spiro atoms. The number of aromatic nitrogens is 3. The number of hydrogen-bond acceptors (Lipinski definition) is 3. The van der Waals surface area contributed by atoms with Gasteiger partial charge in [0.2, 0.25) is 0 Å². The molecule has 1 aromatic heterocycles. The van der Waals surface area contributed by atoms with Crippen molar-refractivity contribution in [2.45, 2.75) is 0 Å². The first-order valence-electron chi connectivity index (χ1n) is 14.8. The van der Waals surface area contributed by atoms with Crippen LogP contribution in [-0.4, -0.2) is 15.0 Å². The highest BCUT2D eigenvalue weighted by atomic mass is 15.5. The van der Waals surface area contributed by atoms with Crippen molar-refractivity contribution < 1.29 is 0 Å². The Morgan fingerprint density at radius 2 is 0.932 bits per heavy atom. The number of hydrogen-bond donors (Lipinski definition) is 0. The molecule has 0 aliphatic heterocycles. The van der Waals surface area contributed by atoms with Crippen LogP contribution in [0.4, 0.5) is 17.1 Å². The lowest BCUT2D eigenvalue weighted by molar-refractivity contribution is 0.766. The predicted molar refractivity (Wildman–Crippen MR) is 184 cm³/mol. The van der Waals surface area contributed by atoms with E-state index in [4.69, 9.17) is 10.2 Å². The van der Waals surface area contributed by atoms with Crippen LogP contribution in [0.1, 0.15) is 0 Å². The van der Waals surface area contributed by atoms with Gasteiger partial charge in [-0.25, -0.2) is 0 Å². The monoisotopic (exact) mass is 562 g/mol. The zero-order chi connectivity index (χ0) is 29.0. The average molecular weight is 563 g/mol. The van der Waals surface area contributed by atoms with Crippen molar-refractivity contribution in [3.63, 3.8) is 0 Å². The van der Waals surface area contributed by atoms with E-state index in [1.807, 2.05) is 30.3 Å². The number of rotatable bonds is 4. The molecule has 0 N–H and O–H groups in total. The van der Waals surface area contributed by atoms with Crippen LogP contribution in [0.25, 0.3) is 59.8 Å². The zero-order valence-electron chi connectivity index (χ0n) is 23.8. The van der Waals surface area contributed by atoms with Crippen molar-refractivity contribution in [1.29, 1.82) is 0 Å². The van der Waals surface area contributed by atoms with Crippen LogP contribution in [0.5, 0.6) is 0 Å². The minimum Gasteiger partial charge on any atom is -0.310 e. The van der Waals surface area contributed by atoms with Gasteiger partial charge in [-0.05, 0) is 92.3 Å². The summed E-state index contributed by atoms with van der Waals surface area (Å²) in [5.74, 6) is 0. The fraction of sp³-hybridized carbons (Fsp3) is 0. The average Bonchev–Trinajstić information content (AvgIpc) is 3.53. The molecular weight excluding hydrogens is 536 g/mol. The molecule has 0 saturated carbocycles. The molecule has 0 unspecified atom stereocenters. The van der Waals surface area contributed by atoms with Gasteiger partial charge in [-0.2, -0.15) is 4.80 Å². The van der Waals surface area contributed by atoms with E-state index in [9.17, 15) is 0 Å². The summed E-state index contributed by atoms with van der Waals surface area (Å²) in [6.07, 6.45) is 0. The molecule has 0 amide bonds. The van der Waals surface area contributed by atoms with Gasteiger partial charge in [0.25, 0.3) is 0 Å². The second-order valence-electron chi connectivity index (χ2n) is 11.2. The van der Waals surface area contributed by atoms with E-state index in [0.29, 0.717) is 0 Å². The molecule has 206 valence electrons. The second kappa shape index (κ2) is 9.79. The van der Waals surface area contributed by atoms with Gasteiger partial charge in [-0.15, -0.1) is 10.2 Å². The van der Waals surface area contributed by atoms with E-state index >= 15 is 0 Å². The lowest BCUT2D eigenvalue weighted by Crippen LogP contribution is -2.10. The third-order valence-electron chi connectivity index (χ3n) is 8.56. The van der Waals surface area contributed by atoms with E-state index in [1.165, 1.54) is 26.9 Å². The Kier molecular flexibility index (Phi) is 5.47. The molecule has 1 heterocycles. The standard InChI is InChI=1S/C40H26N4/c1-2-12-33(13-3-1)44-41-38-23-19-30-15-14-29-18-22-36(26-37(29)39(30)40(38)42-44)43(34-20-16-27-8-4-6-10-31(27)24-34)35-21-17-28-9-5-7-11-32(28)25-35/h1-26H. The number of anilines is 3. The highest BCUT2D eigenvalue weighted by Gasteiger charge is 2.17. The van der Waals surface area contributed by atoms with Crippen LogP contribution in [-0.2, 0) is 0 Å². The zero-order valence-corrected chi connectivity index (χ0v) is 23.8. The van der Waals surface area contributed by atoms with E-state index in [0.717, 1.165) is 49.9 Å². The van der Waals surface area contributed by atoms with Gasteiger partial charge in [-0.3, -0.25) is 0 Å². The molecule has 0 aliphatic rings. The van der Waals surface area contributed by atoms with Gasteiger partial charge < -0.3 is 4.90 Å². The summed E-state index contributed by atoms with van der Waals surface area (Å²) in [6.45, 7) is 0. The summed E-state index contributed by atoms with van der Waals surface area (Å²) in [5, 5.41) is 19.3. The Hall–Kier alpha value is -6.00. The highest BCUT2D eigenvalue weighted by Crippen LogP contribution is 2.40. The minimum atomic E-state index is 0.875. The molecular formula is C40H26N4. The molecule has 8 aromatic carbocycles. The van der Waals surface area contributed by atoms with Gasteiger partial charge >= 0.3 is 0 Å². The maximum absolute atomic E-state index is 5.01. The minimum absolute atomic E-state index is 0.875. The van der Waals surface area contributed by atoms with Crippen LogP contribution in [0.15, 0.2) is 158 Å². The van der Waals surface area contributed by atoms with Crippen molar-refractivity contribution in [1.82, 2.24) is 15.0 Å². The smallest absolute Gasteiger partial charge is 0.122 e. The number of nitrogens with zero attached hydrogens (tertiary/aromatic N) is 4. The van der Waals surface area contributed by atoms with Gasteiger partial charge in [0, 0.05) is 22.4 Å². The Morgan fingerprint density at radius 1 is 0.409 bits per heavy atom. The van der Waals surface area contributed by atoms with E-state index < -0.39 is 0 Å². The van der Waals surface area contributed by atoms with Crippen LogP contribution >= 0.6 is 0 Å².